The summed E-state index contributed by atoms with van der Waals surface area (Å²) in [5.74, 6) is 0.420. The summed E-state index contributed by atoms with van der Waals surface area (Å²) in [6.07, 6.45) is 0. The molecule has 0 unspecified atom stereocenters. The van der Waals surface area contributed by atoms with Crippen LogP contribution in [0.15, 0.2) is 50.5 Å². The highest BCUT2D eigenvalue weighted by Gasteiger charge is 2.24. The SMILES string of the molecule is CN(CCOc1ccc(Br)cc1)C(=O)CN(C)S(=O)(=O)c1cccs1. The van der Waals surface area contributed by atoms with Crippen molar-refractivity contribution in [1.82, 2.24) is 9.21 Å². The fraction of sp³-hybridized carbons (Fsp3) is 0.312. The number of benzene rings is 1. The summed E-state index contributed by atoms with van der Waals surface area (Å²) in [5, 5.41) is 1.69. The van der Waals surface area contributed by atoms with E-state index in [4.69, 9.17) is 4.74 Å². The first-order chi connectivity index (χ1) is 11.8. The second-order valence-corrected chi connectivity index (χ2v) is 9.45. The number of ether oxygens (including phenoxy) is 1. The molecule has 0 bridgehead atoms. The van der Waals surface area contributed by atoms with Crippen LogP contribution in [0.1, 0.15) is 0 Å². The monoisotopic (exact) mass is 446 g/mol. The van der Waals surface area contributed by atoms with Crippen LogP contribution in [0, 0.1) is 0 Å². The van der Waals surface area contributed by atoms with Gasteiger partial charge < -0.3 is 9.64 Å². The second kappa shape index (κ2) is 8.79. The van der Waals surface area contributed by atoms with Crippen LogP contribution in [0.2, 0.25) is 0 Å². The third kappa shape index (κ3) is 5.53. The Bertz CT molecular complexity index is 792. The molecule has 1 heterocycles. The van der Waals surface area contributed by atoms with E-state index in [1.54, 1.807) is 18.5 Å². The molecule has 136 valence electrons. The van der Waals surface area contributed by atoms with Gasteiger partial charge in [-0.3, -0.25) is 4.79 Å². The maximum atomic E-state index is 12.3. The minimum absolute atomic E-state index is 0.213. The molecular formula is C16H19BrN2O4S2. The lowest BCUT2D eigenvalue weighted by Crippen LogP contribution is -2.40. The number of carbonyl (C=O) groups excluding carboxylic acids is 1. The van der Waals surface area contributed by atoms with Gasteiger partial charge in [-0.2, -0.15) is 4.31 Å². The maximum Gasteiger partial charge on any atom is 0.252 e. The van der Waals surface area contributed by atoms with Gasteiger partial charge in [-0.25, -0.2) is 8.42 Å². The van der Waals surface area contributed by atoms with Crippen molar-refractivity contribution in [2.24, 2.45) is 0 Å². The Kier molecular flexibility index (Phi) is 7.00. The average molecular weight is 447 g/mol. The van der Waals surface area contributed by atoms with Crippen LogP contribution in [0.4, 0.5) is 0 Å². The Morgan fingerprint density at radius 1 is 1.20 bits per heavy atom. The van der Waals surface area contributed by atoms with Crippen molar-refractivity contribution in [1.29, 1.82) is 0 Å². The Hall–Kier alpha value is -1.42. The van der Waals surface area contributed by atoms with Gasteiger partial charge in [0.2, 0.25) is 5.91 Å². The molecule has 1 amide bonds. The van der Waals surface area contributed by atoms with Crippen molar-refractivity contribution in [2.45, 2.75) is 4.21 Å². The summed E-state index contributed by atoms with van der Waals surface area (Å²) >= 11 is 4.48. The summed E-state index contributed by atoms with van der Waals surface area (Å²) in [4.78, 5) is 13.7. The van der Waals surface area contributed by atoms with Gasteiger partial charge in [0.1, 0.15) is 16.6 Å². The Balaban J connectivity index is 1.82. The quantitative estimate of drug-likeness (QED) is 0.624. The predicted octanol–water partition coefficient (Wildman–Crippen LogP) is 2.67. The van der Waals surface area contributed by atoms with Crippen molar-refractivity contribution in [2.75, 3.05) is 33.8 Å². The van der Waals surface area contributed by atoms with Crippen molar-refractivity contribution in [3.63, 3.8) is 0 Å². The van der Waals surface area contributed by atoms with E-state index in [-0.39, 0.29) is 16.7 Å². The van der Waals surface area contributed by atoms with E-state index in [0.29, 0.717) is 18.9 Å². The molecule has 0 aliphatic rings. The van der Waals surface area contributed by atoms with Gasteiger partial charge in [0.25, 0.3) is 10.0 Å². The zero-order chi connectivity index (χ0) is 18.4. The standard InChI is InChI=1S/C16H19BrN2O4S2/c1-18(9-10-23-14-7-5-13(17)6-8-14)15(20)12-19(2)25(21,22)16-4-3-11-24-16/h3-8,11H,9-10,12H2,1-2H3. The molecule has 0 fully saturated rings. The van der Waals surface area contributed by atoms with Crippen LogP contribution >= 0.6 is 27.3 Å². The topological polar surface area (TPSA) is 66.9 Å². The number of nitrogens with zero attached hydrogens (tertiary/aromatic N) is 2. The molecule has 0 N–H and O–H groups in total. The van der Waals surface area contributed by atoms with Crippen LogP contribution < -0.4 is 4.74 Å². The van der Waals surface area contributed by atoms with Crippen molar-refractivity contribution >= 4 is 43.2 Å². The van der Waals surface area contributed by atoms with Crippen molar-refractivity contribution in [3.8, 4) is 5.75 Å². The molecule has 0 spiro atoms. The van der Waals surface area contributed by atoms with Crippen LogP contribution in [0.25, 0.3) is 0 Å². The van der Waals surface area contributed by atoms with E-state index in [2.05, 4.69) is 15.9 Å². The first-order valence-corrected chi connectivity index (χ1v) is 10.5. The van der Waals surface area contributed by atoms with Gasteiger partial charge in [-0.05, 0) is 35.7 Å². The van der Waals surface area contributed by atoms with E-state index >= 15 is 0 Å². The third-order valence-corrected chi connectivity index (χ3v) is 7.16. The number of hydrogen-bond acceptors (Lipinski definition) is 5. The average Bonchev–Trinajstić information content (AvgIpc) is 3.11. The van der Waals surface area contributed by atoms with Gasteiger partial charge in [0, 0.05) is 18.6 Å². The largest absolute Gasteiger partial charge is 0.492 e. The predicted molar refractivity (Wildman–Crippen MR) is 101 cm³/mol. The van der Waals surface area contributed by atoms with E-state index < -0.39 is 10.0 Å². The fourth-order valence-corrected chi connectivity index (χ4v) is 4.50. The normalized spacial score (nSPS) is 11.5. The lowest BCUT2D eigenvalue weighted by molar-refractivity contribution is -0.130. The number of carbonyl (C=O) groups is 1. The molecule has 1 aromatic carbocycles. The number of likely N-dealkylation sites (N-methyl/N-ethyl adjacent to an activating group) is 2. The molecule has 2 aromatic rings. The van der Waals surface area contributed by atoms with Crippen LogP contribution in [-0.2, 0) is 14.8 Å². The molecule has 25 heavy (non-hydrogen) atoms. The molecule has 0 saturated heterocycles. The van der Waals surface area contributed by atoms with Crippen molar-refractivity contribution in [3.05, 3.63) is 46.3 Å². The second-order valence-electron chi connectivity index (χ2n) is 5.31. The van der Waals surface area contributed by atoms with E-state index in [1.165, 1.54) is 18.0 Å². The minimum Gasteiger partial charge on any atom is -0.492 e. The molecule has 0 saturated carbocycles. The molecule has 9 heteroatoms. The Labute approximate surface area is 160 Å². The van der Waals surface area contributed by atoms with Gasteiger partial charge in [-0.15, -0.1) is 11.3 Å². The minimum atomic E-state index is -3.62. The number of thiophene rings is 1. The number of hydrogen-bond donors (Lipinski definition) is 0. The molecule has 0 radical (unpaired) electrons. The number of sulfonamides is 1. The molecule has 0 atom stereocenters. The molecular weight excluding hydrogens is 428 g/mol. The van der Waals surface area contributed by atoms with Crippen LogP contribution in [0.5, 0.6) is 5.75 Å². The lowest BCUT2D eigenvalue weighted by Gasteiger charge is -2.21. The number of halogens is 1. The molecule has 2 rings (SSSR count). The Morgan fingerprint density at radius 3 is 2.48 bits per heavy atom. The van der Waals surface area contributed by atoms with Gasteiger partial charge in [-0.1, -0.05) is 22.0 Å². The summed E-state index contributed by atoms with van der Waals surface area (Å²) in [7, 11) is -0.597. The Morgan fingerprint density at radius 2 is 1.88 bits per heavy atom. The summed E-state index contributed by atoms with van der Waals surface area (Å²) in [5.41, 5.74) is 0. The molecule has 1 aromatic heterocycles. The number of amides is 1. The zero-order valence-electron chi connectivity index (χ0n) is 13.9. The first-order valence-electron chi connectivity index (χ1n) is 7.43. The number of rotatable bonds is 8. The fourth-order valence-electron chi connectivity index (χ4n) is 1.92. The zero-order valence-corrected chi connectivity index (χ0v) is 17.1. The van der Waals surface area contributed by atoms with Gasteiger partial charge in [0.05, 0.1) is 13.1 Å². The molecule has 0 aliphatic heterocycles. The van der Waals surface area contributed by atoms with Crippen molar-refractivity contribution < 1.29 is 17.9 Å². The van der Waals surface area contributed by atoms with Gasteiger partial charge >= 0.3 is 0 Å². The maximum absolute atomic E-state index is 12.3. The highest BCUT2D eigenvalue weighted by molar-refractivity contribution is 9.10. The van der Waals surface area contributed by atoms with Crippen LogP contribution in [0.3, 0.4) is 0 Å². The van der Waals surface area contributed by atoms with Crippen LogP contribution in [-0.4, -0.2) is 57.3 Å². The third-order valence-electron chi connectivity index (χ3n) is 3.45. The van der Waals surface area contributed by atoms with E-state index in [0.717, 1.165) is 20.1 Å². The van der Waals surface area contributed by atoms with E-state index in [9.17, 15) is 13.2 Å². The summed E-state index contributed by atoms with van der Waals surface area (Å²) < 4.78 is 32.4. The smallest absolute Gasteiger partial charge is 0.252 e. The summed E-state index contributed by atoms with van der Waals surface area (Å²) in [6, 6.07) is 10.6. The summed E-state index contributed by atoms with van der Waals surface area (Å²) in [6.45, 7) is 0.474. The molecule has 6 nitrogen and oxygen atoms in total. The first kappa shape index (κ1) is 19.9. The van der Waals surface area contributed by atoms with E-state index in [1.807, 2.05) is 24.3 Å². The highest BCUT2D eigenvalue weighted by atomic mass is 79.9. The highest BCUT2D eigenvalue weighted by Crippen LogP contribution is 2.19. The molecule has 0 aliphatic carbocycles. The lowest BCUT2D eigenvalue weighted by atomic mass is 10.3. The van der Waals surface area contributed by atoms with Gasteiger partial charge in [0.15, 0.2) is 0 Å².